The van der Waals surface area contributed by atoms with E-state index in [1.165, 1.54) is 25.7 Å². The lowest BCUT2D eigenvalue weighted by Crippen LogP contribution is -2.50. The Kier molecular flexibility index (Phi) is 3.69. The average Bonchev–Trinajstić information content (AvgIpc) is 3.20. The molecule has 3 heterocycles. The second kappa shape index (κ2) is 6.08. The highest BCUT2D eigenvalue weighted by molar-refractivity contribution is 7.20. The number of aromatic nitrogens is 3. The molecule has 5 rings (SSSR count). The highest BCUT2D eigenvalue weighted by Crippen LogP contribution is 2.49. The Morgan fingerprint density at radius 3 is 2.92 bits per heavy atom. The highest BCUT2D eigenvalue weighted by atomic mass is 32.1. The molecule has 132 valence electrons. The Morgan fingerprint density at radius 2 is 2.15 bits per heavy atom. The summed E-state index contributed by atoms with van der Waals surface area (Å²) in [6.07, 6.45) is 7.04. The Labute approximate surface area is 155 Å². The number of rotatable bonds is 3. The van der Waals surface area contributed by atoms with Crippen LogP contribution >= 0.6 is 11.3 Å². The summed E-state index contributed by atoms with van der Waals surface area (Å²) in [4.78, 5) is 5.55. The van der Waals surface area contributed by atoms with Gasteiger partial charge in [-0.3, -0.25) is 0 Å². The van der Waals surface area contributed by atoms with Gasteiger partial charge in [-0.15, -0.1) is 5.10 Å². The van der Waals surface area contributed by atoms with Crippen LogP contribution in [0.1, 0.15) is 31.2 Å². The van der Waals surface area contributed by atoms with E-state index in [1.807, 2.05) is 28.9 Å². The lowest BCUT2D eigenvalue weighted by atomic mass is 9.61. The van der Waals surface area contributed by atoms with E-state index in [9.17, 15) is 0 Å². The summed E-state index contributed by atoms with van der Waals surface area (Å²) in [5.41, 5.74) is 3.01. The fraction of sp³-hybridized carbons (Fsp3) is 0.421. The minimum atomic E-state index is 0.538. The smallest absolute Gasteiger partial charge is 0.214 e. The van der Waals surface area contributed by atoms with Crippen molar-refractivity contribution in [1.29, 1.82) is 5.26 Å². The molecule has 1 saturated heterocycles. The van der Waals surface area contributed by atoms with E-state index in [1.54, 1.807) is 17.4 Å². The van der Waals surface area contributed by atoms with Gasteiger partial charge in [0.25, 0.3) is 0 Å². The van der Waals surface area contributed by atoms with E-state index in [-0.39, 0.29) is 0 Å². The van der Waals surface area contributed by atoms with Gasteiger partial charge in [-0.05, 0) is 56.3 Å². The third kappa shape index (κ3) is 2.75. The number of nitrogens with zero attached hydrogens (tertiary/aromatic N) is 4. The number of hydrogen-bond donors (Lipinski definition) is 2. The van der Waals surface area contributed by atoms with Gasteiger partial charge in [0.15, 0.2) is 0 Å². The molecule has 2 aromatic heterocycles. The second-order valence-electron chi connectivity index (χ2n) is 7.45. The first-order chi connectivity index (χ1) is 12.7. The molecule has 0 unspecified atom stereocenters. The normalized spacial score (nSPS) is 19.3. The predicted molar refractivity (Wildman–Crippen MR) is 102 cm³/mol. The Morgan fingerprint density at radius 1 is 1.31 bits per heavy atom. The van der Waals surface area contributed by atoms with E-state index in [0.717, 1.165) is 34.4 Å². The molecule has 1 aromatic carbocycles. The van der Waals surface area contributed by atoms with E-state index < -0.39 is 0 Å². The topological polar surface area (TPSA) is 78.0 Å². The van der Waals surface area contributed by atoms with Crippen LogP contribution in [0, 0.1) is 16.7 Å². The number of nitrogens with one attached hydrogen (secondary N) is 2. The van der Waals surface area contributed by atoms with Crippen molar-refractivity contribution in [2.45, 2.75) is 31.7 Å². The molecule has 1 spiro atoms. The van der Waals surface area contributed by atoms with Crippen molar-refractivity contribution >= 4 is 21.4 Å². The zero-order valence-corrected chi connectivity index (χ0v) is 15.2. The minimum absolute atomic E-state index is 0.538. The molecule has 7 heteroatoms. The van der Waals surface area contributed by atoms with Gasteiger partial charge >= 0.3 is 0 Å². The Bertz CT molecular complexity index is 952. The molecule has 26 heavy (non-hydrogen) atoms. The van der Waals surface area contributed by atoms with Crippen LogP contribution in [0.25, 0.3) is 16.2 Å². The van der Waals surface area contributed by atoms with Crippen LogP contribution in [-0.4, -0.2) is 33.7 Å². The van der Waals surface area contributed by atoms with E-state index >= 15 is 0 Å². The molecule has 2 fully saturated rings. The number of anilines is 1. The molecule has 1 aliphatic carbocycles. The van der Waals surface area contributed by atoms with Crippen molar-refractivity contribution in [2.75, 3.05) is 18.4 Å². The van der Waals surface area contributed by atoms with Crippen LogP contribution in [-0.2, 0) is 0 Å². The molecular formula is C19H20N6S. The third-order valence-electron chi connectivity index (χ3n) is 5.68. The molecule has 2 N–H and O–H groups in total. The summed E-state index contributed by atoms with van der Waals surface area (Å²) in [5.74, 6) is 0. The first-order valence-corrected chi connectivity index (χ1v) is 9.89. The van der Waals surface area contributed by atoms with Gasteiger partial charge in [0.2, 0.25) is 10.1 Å². The Balaban J connectivity index is 1.29. The summed E-state index contributed by atoms with van der Waals surface area (Å²) in [5, 5.41) is 21.7. The molecule has 0 amide bonds. The van der Waals surface area contributed by atoms with E-state index in [4.69, 9.17) is 5.26 Å². The van der Waals surface area contributed by atoms with Gasteiger partial charge in [0, 0.05) is 11.6 Å². The lowest BCUT2D eigenvalue weighted by molar-refractivity contribution is 0.0718. The SMILES string of the molecule is N#Cc1cccc(-c2cn3nc(NC4CC5(CCNCC5)C4)sc3n2)c1. The Hall–Kier alpha value is -2.43. The minimum Gasteiger partial charge on any atom is -0.357 e. The van der Waals surface area contributed by atoms with Crippen LogP contribution in [0.15, 0.2) is 30.5 Å². The lowest BCUT2D eigenvalue weighted by Gasteiger charge is -2.50. The van der Waals surface area contributed by atoms with Crippen molar-refractivity contribution in [2.24, 2.45) is 5.41 Å². The van der Waals surface area contributed by atoms with Crippen molar-refractivity contribution in [3.05, 3.63) is 36.0 Å². The summed E-state index contributed by atoms with van der Waals surface area (Å²) in [6, 6.07) is 10.2. The monoisotopic (exact) mass is 364 g/mol. The molecule has 1 saturated carbocycles. The number of piperidine rings is 1. The van der Waals surface area contributed by atoms with Crippen molar-refractivity contribution in [1.82, 2.24) is 19.9 Å². The van der Waals surface area contributed by atoms with Gasteiger partial charge in [0.1, 0.15) is 0 Å². The van der Waals surface area contributed by atoms with Crippen LogP contribution in [0.2, 0.25) is 0 Å². The fourth-order valence-electron chi connectivity index (χ4n) is 4.27. The summed E-state index contributed by atoms with van der Waals surface area (Å²) in [6.45, 7) is 2.32. The van der Waals surface area contributed by atoms with Gasteiger partial charge in [-0.2, -0.15) is 5.26 Å². The number of nitriles is 1. The molecular weight excluding hydrogens is 344 g/mol. The van der Waals surface area contributed by atoms with Gasteiger partial charge in [0.05, 0.1) is 23.5 Å². The molecule has 0 atom stereocenters. The van der Waals surface area contributed by atoms with Gasteiger partial charge in [-0.1, -0.05) is 23.5 Å². The maximum Gasteiger partial charge on any atom is 0.214 e. The number of hydrogen-bond acceptors (Lipinski definition) is 6. The molecule has 1 aliphatic heterocycles. The quantitative estimate of drug-likeness (QED) is 0.746. The maximum atomic E-state index is 9.05. The summed E-state index contributed by atoms with van der Waals surface area (Å²) in [7, 11) is 0. The second-order valence-corrected chi connectivity index (χ2v) is 8.41. The summed E-state index contributed by atoms with van der Waals surface area (Å²) >= 11 is 1.59. The van der Waals surface area contributed by atoms with Gasteiger partial charge < -0.3 is 10.6 Å². The first-order valence-electron chi connectivity index (χ1n) is 9.07. The van der Waals surface area contributed by atoms with E-state index in [2.05, 4.69) is 26.8 Å². The van der Waals surface area contributed by atoms with Crippen LogP contribution in [0.4, 0.5) is 5.13 Å². The zero-order valence-electron chi connectivity index (χ0n) is 14.4. The molecule has 0 radical (unpaired) electrons. The van der Waals surface area contributed by atoms with Crippen molar-refractivity contribution in [3.8, 4) is 17.3 Å². The zero-order chi connectivity index (χ0) is 17.6. The van der Waals surface area contributed by atoms with Crippen molar-refractivity contribution < 1.29 is 0 Å². The van der Waals surface area contributed by atoms with E-state index in [0.29, 0.717) is 17.0 Å². The fourth-order valence-corrected chi connectivity index (χ4v) is 5.13. The van der Waals surface area contributed by atoms with Crippen LogP contribution < -0.4 is 10.6 Å². The molecule has 2 aliphatic rings. The summed E-state index contributed by atoms with van der Waals surface area (Å²) < 4.78 is 1.83. The number of benzene rings is 1. The average molecular weight is 364 g/mol. The highest BCUT2D eigenvalue weighted by Gasteiger charge is 2.44. The molecule has 3 aromatic rings. The predicted octanol–water partition coefficient (Wildman–Crippen LogP) is 3.27. The van der Waals surface area contributed by atoms with Gasteiger partial charge in [-0.25, -0.2) is 9.50 Å². The third-order valence-corrected chi connectivity index (χ3v) is 6.54. The maximum absolute atomic E-state index is 9.05. The first kappa shape index (κ1) is 15.8. The van der Waals surface area contributed by atoms with Crippen LogP contribution in [0.3, 0.4) is 0 Å². The number of imidazole rings is 1. The van der Waals surface area contributed by atoms with Crippen molar-refractivity contribution in [3.63, 3.8) is 0 Å². The van der Waals surface area contributed by atoms with Crippen LogP contribution in [0.5, 0.6) is 0 Å². The molecule has 0 bridgehead atoms. The largest absolute Gasteiger partial charge is 0.357 e. The number of fused-ring (bicyclic) bond motifs is 1. The standard InChI is InChI=1S/C19H20N6S/c20-11-13-2-1-3-14(8-13)16-12-25-18(23-16)26-17(24-25)22-15-9-19(10-15)4-6-21-7-5-19/h1-3,8,12,15,21H,4-7,9-10H2,(H,22,24). The molecule has 6 nitrogen and oxygen atoms in total.